The predicted octanol–water partition coefficient (Wildman–Crippen LogP) is 2.79. The van der Waals surface area contributed by atoms with Crippen molar-refractivity contribution in [3.05, 3.63) is 52.8 Å². The van der Waals surface area contributed by atoms with Crippen LogP contribution in [-0.2, 0) is 11.4 Å². The molecule has 0 spiro atoms. The fourth-order valence-corrected chi connectivity index (χ4v) is 3.56. The predicted molar refractivity (Wildman–Crippen MR) is 111 cm³/mol. The topological polar surface area (TPSA) is 114 Å². The first kappa shape index (κ1) is 19.4. The molecule has 9 nitrogen and oxygen atoms in total. The van der Waals surface area contributed by atoms with Gasteiger partial charge in [-0.2, -0.15) is 0 Å². The molecule has 0 bridgehead atoms. The summed E-state index contributed by atoms with van der Waals surface area (Å²) in [6.45, 7) is 0.340. The van der Waals surface area contributed by atoms with Crippen LogP contribution >= 0.6 is 27.7 Å². The second-order valence-electron chi connectivity index (χ2n) is 5.92. The number of nitrogens with zero attached hydrogens (tertiary/aromatic N) is 3. The zero-order valence-corrected chi connectivity index (χ0v) is 17.4. The largest absolute Gasteiger partial charge is 0.485 e. The highest BCUT2D eigenvalue weighted by Gasteiger charge is 2.16. The second-order valence-corrected chi connectivity index (χ2v) is 7.78. The van der Waals surface area contributed by atoms with E-state index >= 15 is 0 Å². The van der Waals surface area contributed by atoms with E-state index in [0.29, 0.717) is 33.9 Å². The van der Waals surface area contributed by atoms with Gasteiger partial charge in [-0.15, -0.1) is 10.2 Å². The highest BCUT2D eigenvalue weighted by Crippen LogP contribution is 2.34. The number of nitrogens with one attached hydrogen (secondary N) is 1. The third-order valence-electron chi connectivity index (χ3n) is 3.89. The molecular formula is C18H16BrN5O4S. The molecule has 11 heteroatoms. The summed E-state index contributed by atoms with van der Waals surface area (Å²) in [6.07, 6.45) is 0. The average molecular weight is 478 g/mol. The number of anilines is 1. The van der Waals surface area contributed by atoms with Crippen molar-refractivity contribution in [1.82, 2.24) is 14.9 Å². The van der Waals surface area contributed by atoms with Gasteiger partial charge in [-0.25, -0.2) is 4.68 Å². The number of fused-ring (bicyclic) bond motifs is 1. The zero-order valence-electron chi connectivity index (χ0n) is 15.0. The number of hydrogen-bond acceptors (Lipinski definition) is 8. The zero-order chi connectivity index (χ0) is 20.2. The van der Waals surface area contributed by atoms with Gasteiger partial charge in [0.1, 0.15) is 12.4 Å². The van der Waals surface area contributed by atoms with Crippen LogP contribution in [-0.4, -0.2) is 33.3 Å². The summed E-state index contributed by atoms with van der Waals surface area (Å²) in [4.78, 5) is 12.2. The fourth-order valence-electron chi connectivity index (χ4n) is 2.51. The van der Waals surface area contributed by atoms with Gasteiger partial charge >= 0.3 is 0 Å². The molecule has 4 rings (SSSR count). The molecule has 0 atom stereocenters. The van der Waals surface area contributed by atoms with Gasteiger partial charge in [0.05, 0.1) is 5.75 Å². The maximum absolute atomic E-state index is 12.2. The lowest BCUT2D eigenvalue weighted by Gasteiger charge is -2.07. The van der Waals surface area contributed by atoms with Gasteiger partial charge in [0.25, 0.3) is 0 Å². The molecule has 1 amide bonds. The van der Waals surface area contributed by atoms with Gasteiger partial charge in [0, 0.05) is 16.2 Å². The molecule has 0 saturated carbocycles. The van der Waals surface area contributed by atoms with Gasteiger partial charge in [-0.3, -0.25) is 4.79 Å². The number of halogens is 1. The Balaban J connectivity index is 1.30. The molecule has 3 N–H and O–H groups in total. The van der Waals surface area contributed by atoms with E-state index in [9.17, 15) is 4.79 Å². The van der Waals surface area contributed by atoms with Gasteiger partial charge in [-0.05, 0) is 30.3 Å². The third-order valence-corrected chi connectivity index (χ3v) is 5.32. The first-order chi connectivity index (χ1) is 14.1. The summed E-state index contributed by atoms with van der Waals surface area (Å²) < 4.78 is 18.4. The van der Waals surface area contributed by atoms with Crippen molar-refractivity contribution in [2.45, 2.75) is 11.8 Å². The van der Waals surface area contributed by atoms with E-state index in [4.69, 9.17) is 20.1 Å². The van der Waals surface area contributed by atoms with Gasteiger partial charge in [-0.1, -0.05) is 33.8 Å². The van der Waals surface area contributed by atoms with E-state index in [-0.39, 0.29) is 25.1 Å². The Morgan fingerprint density at radius 3 is 2.97 bits per heavy atom. The molecule has 1 aliphatic heterocycles. The summed E-state index contributed by atoms with van der Waals surface area (Å²) in [5, 5.41) is 11.3. The maximum atomic E-state index is 12.2. The summed E-state index contributed by atoms with van der Waals surface area (Å²) in [6, 6.07) is 12.7. The van der Waals surface area contributed by atoms with Crippen LogP contribution in [0.2, 0.25) is 0 Å². The van der Waals surface area contributed by atoms with Crippen molar-refractivity contribution in [2.24, 2.45) is 0 Å². The molecule has 0 radical (unpaired) electrons. The number of benzene rings is 2. The number of aromatic nitrogens is 3. The number of nitrogens with two attached hydrogens (primary N) is 1. The van der Waals surface area contributed by atoms with Gasteiger partial charge in [0.15, 0.2) is 17.3 Å². The SMILES string of the molecule is Nn1c(COc2cccc(Br)c2)nnc1SCC(=O)Nc1ccc2c(c1)OCO2. The van der Waals surface area contributed by atoms with E-state index < -0.39 is 0 Å². The molecule has 3 aromatic rings. The quantitative estimate of drug-likeness (QED) is 0.394. The molecule has 0 saturated heterocycles. The third kappa shape index (κ3) is 4.74. The second kappa shape index (κ2) is 8.62. The first-order valence-electron chi connectivity index (χ1n) is 8.48. The Morgan fingerprint density at radius 2 is 2.10 bits per heavy atom. The Labute approximate surface area is 178 Å². The lowest BCUT2D eigenvalue weighted by molar-refractivity contribution is -0.113. The van der Waals surface area contributed by atoms with Crippen molar-refractivity contribution < 1.29 is 19.0 Å². The average Bonchev–Trinajstić information content (AvgIpc) is 3.31. The lowest BCUT2D eigenvalue weighted by Crippen LogP contribution is -2.18. The Hall–Kier alpha value is -2.92. The molecule has 0 fully saturated rings. The van der Waals surface area contributed by atoms with Gasteiger partial charge in [0.2, 0.25) is 17.9 Å². The van der Waals surface area contributed by atoms with Crippen molar-refractivity contribution in [1.29, 1.82) is 0 Å². The van der Waals surface area contributed by atoms with Crippen molar-refractivity contribution >= 4 is 39.3 Å². The highest BCUT2D eigenvalue weighted by atomic mass is 79.9. The summed E-state index contributed by atoms with van der Waals surface area (Å²) in [5.41, 5.74) is 0.622. The van der Waals surface area contributed by atoms with Crippen LogP contribution in [0.25, 0.3) is 0 Å². The normalized spacial score (nSPS) is 12.0. The molecule has 1 aromatic heterocycles. The molecule has 29 heavy (non-hydrogen) atoms. The summed E-state index contributed by atoms with van der Waals surface area (Å²) in [5.74, 6) is 8.32. The number of carbonyl (C=O) groups is 1. The number of nitrogen functional groups attached to an aromatic ring is 1. The number of thioether (sulfide) groups is 1. The van der Waals surface area contributed by atoms with Crippen LogP contribution < -0.4 is 25.4 Å². The number of ether oxygens (including phenoxy) is 3. The molecule has 2 heterocycles. The standard InChI is InChI=1S/C18H16BrN5O4S/c19-11-2-1-3-13(6-11)26-8-16-22-23-18(24(16)20)29-9-17(25)21-12-4-5-14-15(7-12)28-10-27-14/h1-7H,8-10,20H2,(H,21,25). The molecular weight excluding hydrogens is 462 g/mol. The number of amides is 1. The summed E-state index contributed by atoms with van der Waals surface area (Å²) in [7, 11) is 0. The lowest BCUT2D eigenvalue weighted by atomic mass is 10.3. The van der Waals surface area contributed by atoms with Gasteiger partial charge < -0.3 is 25.4 Å². The van der Waals surface area contributed by atoms with E-state index in [1.54, 1.807) is 18.2 Å². The minimum Gasteiger partial charge on any atom is -0.485 e. The molecule has 0 unspecified atom stereocenters. The Morgan fingerprint density at radius 1 is 1.24 bits per heavy atom. The van der Waals surface area contributed by atoms with Crippen molar-refractivity contribution in [3.63, 3.8) is 0 Å². The van der Waals surface area contributed by atoms with E-state index in [0.717, 1.165) is 4.47 Å². The minimum absolute atomic E-state index is 0.121. The van der Waals surface area contributed by atoms with Crippen LogP contribution in [0.4, 0.5) is 5.69 Å². The number of hydrogen-bond donors (Lipinski definition) is 2. The van der Waals surface area contributed by atoms with Crippen molar-refractivity contribution in [2.75, 3.05) is 23.7 Å². The van der Waals surface area contributed by atoms with E-state index in [2.05, 4.69) is 31.4 Å². The van der Waals surface area contributed by atoms with Crippen molar-refractivity contribution in [3.8, 4) is 17.2 Å². The molecule has 2 aromatic carbocycles. The van der Waals surface area contributed by atoms with E-state index in [1.807, 2.05) is 24.3 Å². The van der Waals surface area contributed by atoms with Crippen LogP contribution in [0.1, 0.15) is 5.82 Å². The van der Waals surface area contributed by atoms with Crippen LogP contribution in [0.3, 0.4) is 0 Å². The molecule has 1 aliphatic rings. The highest BCUT2D eigenvalue weighted by molar-refractivity contribution is 9.10. The Bertz CT molecular complexity index is 1040. The van der Waals surface area contributed by atoms with Crippen LogP contribution in [0.5, 0.6) is 17.2 Å². The van der Waals surface area contributed by atoms with Crippen LogP contribution in [0.15, 0.2) is 52.1 Å². The number of rotatable bonds is 7. The first-order valence-corrected chi connectivity index (χ1v) is 10.3. The molecule has 0 aliphatic carbocycles. The smallest absolute Gasteiger partial charge is 0.234 e. The van der Waals surface area contributed by atoms with Crippen LogP contribution in [0, 0.1) is 0 Å². The number of carbonyl (C=O) groups excluding carboxylic acids is 1. The molecule has 150 valence electrons. The summed E-state index contributed by atoms with van der Waals surface area (Å²) >= 11 is 4.57. The monoisotopic (exact) mass is 477 g/mol. The minimum atomic E-state index is -0.205. The fraction of sp³-hybridized carbons (Fsp3) is 0.167. The van der Waals surface area contributed by atoms with E-state index in [1.165, 1.54) is 16.4 Å². The maximum Gasteiger partial charge on any atom is 0.234 e. The Kier molecular flexibility index (Phi) is 5.76.